The molecule has 0 fully saturated rings. The third-order valence-corrected chi connectivity index (χ3v) is 2.36. The highest BCUT2D eigenvalue weighted by Gasteiger charge is 2.12. The van der Waals surface area contributed by atoms with Crippen LogP contribution in [0.3, 0.4) is 0 Å². The fraction of sp³-hybridized carbons (Fsp3) is 0.267. The third-order valence-electron chi connectivity index (χ3n) is 2.36. The van der Waals surface area contributed by atoms with Gasteiger partial charge in [-0.05, 0) is 37.5 Å². The fourth-order valence-electron chi connectivity index (χ4n) is 1.61. The summed E-state index contributed by atoms with van der Waals surface area (Å²) in [6, 6.07) is 7.64. The van der Waals surface area contributed by atoms with Crippen molar-refractivity contribution in [3.8, 4) is 0 Å². The summed E-state index contributed by atoms with van der Waals surface area (Å²) in [5.74, 6) is -0.0548. The highest BCUT2D eigenvalue weighted by Crippen LogP contribution is 2.20. The maximum atomic E-state index is 12.0. The van der Waals surface area contributed by atoms with E-state index in [2.05, 4.69) is 18.5 Å². The number of hydrogen-bond acceptors (Lipinski definition) is 1. The largest absolute Gasteiger partial charge is 0.350 e. The molecule has 17 heavy (non-hydrogen) atoms. The van der Waals surface area contributed by atoms with E-state index < -0.39 is 0 Å². The molecular formula is C15H19NO. The van der Waals surface area contributed by atoms with E-state index >= 15 is 0 Å². The van der Waals surface area contributed by atoms with Crippen molar-refractivity contribution in [2.24, 2.45) is 0 Å². The number of carbonyl (C=O) groups is 1. The lowest BCUT2D eigenvalue weighted by atomic mass is 9.98. The Morgan fingerprint density at radius 1 is 1.35 bits per heavy atom. The van der Waals surface area contributed by atoms with Crippen LogP contribution in [0.25, 0.3) is 5.57 Å². The second kappa shape index (κ2) is 6.04. The van der Waals surface area contributed by atoms with Crippen molar-refractivity contribution < 1.29 is 4.79 Å². The normalized spacial score (nSPS) is 10.1. The van der Waals surface area contributed by atoms with Crippen molar-refractivity contribution in [1.82, 2.24) is 5.32 Å². The summed E-state index contributed by atoms with van der Waals surface area (Å²) >= 11 is 0. The Labute approximate surface area is 103 Å². The van der Waals surface area contributed by atoms with E-state index in [1.54, 1.807) is 6.08 Å². The van der Waals surface area contributed by atoms with Crippen LogP contribution in [0.1, 0.15) is 36.2 Å². The quantitative estimate of drug-likeness (QED) is 0.770. The van der Waals surface area contributed by atoms with Crippen LogP contribution < -0.4 is 5.32 Å². The van der Waals surface area contributed by atoms with E-state index in [0.717, 1.165) is 11.1 Å². The molecule has 0 aromatic heterocycles. The highest BCUT2D eigenvalue weighted by molar-refractivity contribution is 5.99. The van der Waals surface area contributed by atoms with Gasteiger partial charge in [-0.25, -0.2) is 0 Å². The van der Waals surface area contributed by atoms with Crippen molar-refractivity contribution >= 4 is 11.5 Å². The van der Waals surface area contributed by atoms with Crippen LogP contribution in [-0.4, -0.2) is 11.9 Å². The molecule has 1 amide bonds. The molecule has 0 radical (unpaired) electrons. The number of hydrogen-bond donors (Lipinski definition) is 1. The second-order valence-electron chi connectivity index (χ2n) is 4.27. The number of benzene rings is 1. The Morgan fingerprint density at radius 3 is 2.47 bits per heavy atom. The number of rotatable bonds is 5. The molecule has 0 unspecified atom stereocenters. The Morgan fingerprint density at radius 2 is 1.94 bits per heavy atom. The smallest absolute Gasteiger partial charge is 0.252 e. The molecule has 1 N–H and O–H groups in total. The van der Waals surface area contributed by atoms with Crippen LogP contribution in [0.2, 0.25) is 0 Å². The molecule has 1 aromatic carbocycles. The van der Waals surface area contributed by atoms with E-state index in [4.69, 9.17) is 0 Å². The molecule has 90 valence electrons. The van der Waals surface area contributed by atoms with Gasteiger partial charge in [-0.1, -0.05) is 30.9 Å². The average Bonchev–Trinajstić information content (AvgIpc) is 2.28. The Bertz CT molecular complexity index is 432. The van der Waals surface area contributed by atoms with Crippen LogP contribution in [0.4, 0.5) is 0 Å². The predicted molar refractivity (Wildman–Crippen MR) is 72.9 cm³/mol. The lowest BCUT2D eigenvalue weighted by Crippen LogP contribution is -2.30. The van der Waals surface area contributed by atoms with Gasteiger partial charge in [0, 0.05) is 11.6 Å². The molecule has 0 spiro atoms. The van der Waals surface area contributed by atoms with Gasteiger partial charge in [-0.3, -0.25) is 4.79 Å². The zero-order chi connectivity index (χ0) is 12.8. The first-order valence-electron chi connectivity index (χ1n) is 5.75. The minimum absolute atomic E-state index is 0.0548. The summed E-state index contributed by atoms with van der Waals surface area (Å²) in [7, 11) is 0. The Kier molecular flexibility index (Phi) is 4.70. The molecule has 0 saturated carbocycles. The second-order valence-corrected chi connectivity index (χ2v) is 4.27. The van der Waals surface area contributed by atoms with Gasteiger partial charge < -0.3 is 5.32 Å². The minimum Gasteiger partial charge on any atom is -0.350 e. The zero-order valence-corrected chi connectivity index (χ0v) is 10.5. The van der Waals surface area contributed by atoms with E-state index in [0.29, 0.717) is 12.0 Å². The molecule has 0 bridgehead atoms. The first kappa shape index (κ1) is 13.2. The van der Waals surface area contributed by atoms with E-state index in [1.807, 2.05) is 38.1 Å². The summed E-state index contributed by atoms with van der Waals surface area (Å²) in [4.78, 5) is 12.0. The van der Waals surface area contributed by atoms with Gasteiger partial charge in [0.2, 0.25) is 0 Å². The van der Waals surface area contributed by atoms with Gasteiger partial charge in [-0.2, -0.15) is 0 Å². The fourth-order valence-corrected chi connectivity index (χ4v) is 1.61. The van der Waals surface area contributed by atoms with E-state index in [9.17, 15) is 4.79 Å². The van der Waals surface area contributed by atoms with Crippen molar-refractivity contribution in [2.45, 2.75) is 26.3 Å². The van der Waals surface area contributed by atoms with Gasteiger partial charge in [0.05, 0.1) is 0 Å². The first-order chi connectivity index (χ1) is 8.06. The maximum Gasteiger partial charge on any atom is 0.252 e. The Balaban J connectivity index is 3.03. The maximum absolute atomic E-state index is 12.0. The van der Waals surface area contributed by atoms with Crippen molar-refractivity contribution in [3.63, 3.8) is 0 Å². The van der Waals surface area contributed by atoms with Crippen LogP contribution >= 0.6 is 0 Å². The number of amides is 1. The molecule has 0 aliphatic heterocycles. The number of nitrogens with one attached hydrogen (secondary N) is 1. The number of allylic oxidation sites excluding steroid dienone is 2. The molecule has 1 aromatic rings. The van der Waals surface area contributed by atoms with E-state index in [-0.39, 0.29) is 11.9 Å². The van der Waals surface area contributed by atoms with E-state index in [1.165, 1.54) is 0 Å². The van der Waals surface area contributed by atoms with Gasteiger partial charge in [-0.15, -0.1) is 6.58 Å². The minimum atomic E-state index is -0.0548. The third kappa shape index (κ3) is 3.59. The molecule has 0 saturated heterocycles. The van der Waals surface area contributed by atoms with Crippen LogP contribution in [-0.2, 0) is 0 Å². The van der Waals surface area contributed by atoms with Crippen LogP contribution in [0.15, 0.2) is 43.5 Å². The van der Waals surface area contributed by atoms with Crippen molar-refractivity contribution in [3.05, 3.63) is 54.6 Å². The van der Waals surface area contributed by atoms with Crippen molar-refractivity contribution in [1.29, 1.82) is 0 Å². The number of carbonyl (C=O) groups excluding carboxylic acids is 1. The molecule has 2 heteroatoms. The Hall–Kier alpha value is -1.83. The summed E-state index contributed by atoms with van der Waals surface area (Å²) in [5, 5.41) is 2.89. The van der Waals surface area contributed by atoms with Gasteiger partial charge in [0.25, 0.3) is 5.91 Å². The molecule has 0 atom stereocenters. The van der Waals surface area contributed by atoms with Crippen LogP contribution in [0.5, 0.6) is 0 Å². The molecule has 1 rings (SSSR count). The van der Waals surface area contributed by atoms with Gasteiger partial charge in [0.1, 0.15) is 0 Å². The van der Waals surface area contributed by atoms with Crippen molar-refractivity contribution in [2.75, 3.05) is 0 Å². The predicted octanol–water partition coefficient (Wildman–Crippen LogP) is 3.41. The summed E-state index contributed by atoms with van der Waals surface area (Å²) in [6.45, 7) is 11.6. The molecule has 0 heterocycles. The topological polar surface area (TPSA) is 29.1 Å². The molecular weight excluding hydrogens is 210 g/mol. The molecule has 0 aliphatic carbocycles. The van der Waals surface area contributed by atoms with Gasteiger partial charge in [0.15, 0.2) is 0 Å². The summed E-state index contributed by atoms with van der Waals surface area (Å²) in [6.07, 6.45) is 2.48. The zero-order valence-electron chi connectivity index (χ0n) is 10.5. The summed E-state index contributed by atoms with van der Waals surface area (Å²) < 4.78 is 0. The van der Waals surface area contributed by atoms with Crippen LogP contribution in [0, 0.1) is 0 Å². The monoisotopic (exact) mass is 229 g/mol. The summed E-state index contributed by atoms with van der Waals surface area (Å²) in [5.41, 5.74) is 2.48. The highest BCUT2D eigenvalue weighted by atomic mass is 16.1. The standard InChI is InChI=1S/C15H19NO/c1-5-8-12(4)13-9-6-7-10-14(13)15(17)16-11(2)3/h5-7,9-11H,1,4,8H2,2-3H3,(H,16,17). The SMILES string of the molecule is C=CCC(=C)c1ccccc1C(=O)NC(C)C. The average molecular weight is 229 g/mol. The van der Waals surface area contributed by atoms with Gasteiger partial charge >= 0.3 is 0 Å². The lowest BCUT2D eigenvalue weighted by molar-refractivity contribution is 0.0943. The molecule has 2 nitrogen and oxygen atoms in total. The lowest BCUT2D eigenvalue weighted by Gasteiger charge is -2.13. The molecule has 0 aliphatic rings. The first-order valence-corrected chi connectivity index (χ1v) is 5.75.